The van der Waals surface area contributed by atoms with Crippen LogP contribution in [0.5, 0.6) is 0 Å². The summed E-state index contributed by atoms with van der Waals surface area (Å²) in [5, 5.41) is 11.9. The first kappa shape index (κ1) is 19.2. The number of guanidine groups is 1. The zero-order valence-corrected chi connectivity index (χ0v) is 18.1. The molecule has 24 heavy (non-hydrogen) atoms. The lowest BCUT2D eigenvalue weighted by atomic mass is 10.4. The molecule has 0 saturated heterocycles. The van der Waals surface area contributed by atoms with Gasteiger partial charge in [0.2, 0.25) is 0 Å². The molecule has 1 aliphatic rings. The standard InChI is InChI=1S/C15H22BrN7.HI/c1-17-15(22(3)10-12-7-11(16)9-21(12)2)18-8-14-20-19-13-5-4-6-23(13)14;/h7,9H,4-6,8,10H2,1-3H3,(H,17,18);1H. The summed E-state index contributed by atoms with van der Waals surface area (Å²) in [7, 11) is 5.88. The van der Waals surface area contributed by atoms with Crippen LogP contribution in [0.4, 0.5) is 0 Å². The summed E-state index contributed by atoms with van der Waals surface area (Å²) in [4.78, 5) is 6.47. The minimum absolute atomic E-state index is 0. The SMILES string of the molecule is CN=C(NCc1nnc2n1CCC2)N(C)Cc1cc(Br)cn1C.I. The van der Waals surface area contributed by atoms with Gasteiger partial charge in [-0.3, -0.25) is 4.99 Å². The summed E-state index contributed by atoms with van der Waals surface area (Å²) >= 11 is 3.51. The zero-order chi connectivity index (χ0) is 16.4. The monoisotopic (exact) mass is 507 g/mol. The van der Waals surface area contributed by atoms with Crippen molar-refractivity contribution in [2.45, 2.75) is 32.5 Å². The lowest BCUT2D eigenvalue weighted by Gasteiger charge is -2.22. The highest BCUT2D eigenvalue weighted by atomic mass is 127. The van der Waals surface area contributed by atoms with Crippen LogP contribution < -0.4 is 5.32 Å². The zero-order valence-electron chi connectivity index (χ0n) is 14.2. The van der Waals surface area contributed by atoms with Crippen LogP contribution in [-0.4, -0.2) is 44.3 Å². The summed E-state index contributed by atoms with van der Waals surface area (Å²) in [5.41, 5.74) is 1.21. The van der Waals surface area contributed by atoms with Gasteiger partial charge in [0.1, 0.15) is 5.82 Å². The third kappa shape index (κ3) is 4.11. The van der Waals surface area contributed by atoms with Crippen LogP contribution in [0, 0.1) is 0 Å². The smallest absolute Gasteiger partial charge is 0.194 e. The number of rotatable bonds is 4. The Morgan fingerprint density at radius 3 is 2.92 bits per heavy atom. The number of hydrogen-bond donors (Lipinski definition) is 1. The molecule has 3 heterocycles. The molecule has 9 heteroatoms. The van der Waals surface area contributed by atoms with Crippen molar-refractivity contribution < 1.29 is 0 Å². The second-order valence-electron chi connectivity index (χ2n) is 5.81. The maximum atomic E-state index is 4.37. The van der Waals surface area contributed by atoms with E-state index in [9.17, 15) is 0 Å². The van der Waals surface area contributed by atoms with E-state index in [1.54, 1.807) is 7.05 Å². The van der Waals surface area contributed by atoms with E-state index < -0.39 is 0 Å². The van der Waals surface area contributed by atoms with Crippen molar-refractivity contribution >= 4 is 45.9 Å². The first-order valence-corrected chi connectivity index (χ1v) is 8.51. The predicted octanol–water partition coefficient (Wildman–Crippen LogP) is 2.15. The third-order valence-electron chi connectivity index (χ3n) is 4.14. The van der Waals surface area contributed by atoms with Crippen molar-refractivity contribution in [2.75, 3.05) is 14.1 Å². The second-order valence-corrected chi connectivity index (χ2v) is 6.72. The van der Waals surface area contributed by atoms with Gasteiger partial charge in [-0.2, -0.15) is 0 Å². The average molecular weight is 508 g/mol. The number of aliphatic imine (C=N–C) groups is 1. The molecule has 0 aromatic carbocycles. The second kappa shape index (κ2) is 8.32. The van der Waals surface area contributed by atoms with E-state index in [0.29, 0.717) is 6.54 Å². The molecule has 1 N–H and O–H groups in total. The first-order chi connectivity index (χ1) is 11.1. The Bertz CT molecular complexity index is 721. The highest BCUT2D eigenvalue weighted by Gasteiger charge is 2.17. The van der Waals surface area contributed by atoms with E-state index in [2.05, 4.69) is 62.7 Å². The van der Waals surface area contributed by atoms with Gasteiger partial charge in [-0.05, 0) is 28.4 Å². The summed E-state index contributed by atoms with van der Waals surface area (Å²) < 4.78 is 5.40. The number of aromatic nitrogens is 4. The van der Waals surface area contributed by atoms with E-state index in [1.165, 1.54) is 5.69 Å². The Morgan fingerprint density at radius 2 is 2.25 bits per heavy atom. The van der Waals surface area contributed by atoms with Gasteiger partial charge in [-0.1, -0.05) is 0 Å². The van der Waals surface area contributed by atoms with Gasteiger partial charge in [0.05, 0.1) is 13.1 Å². The van der Waals surface area contributed by atoms with Gasteiger partial charge < -0.3 is 19.4 Å². The van der Waals surface area contributed by atoms with Crippen molar-refractivity contribution in [3.8, 4) is 0 Å². The Morgan fingerprint density at radius 1 is 1.46 bits per heavy atom. The normalized spacial score (nSPS) is 13.6. The number of halogens is 2. The van der Waals surface area contributed by atoms with Crippen molar-refractivity contribution in [2.24, 2.45) is 12.0 Å². The molecule has 0 bridgehead atoms. The highest BCUT2D eigenvalue weighted by Crippen LogP contribution is 2.15. The first-order valence-electron chi connectivity index (χ1n) is 7.72. The van der Waals surface area contributed by atoms with Crippen LogP contribution in [0.25, 0.3) is 0 Å². The van der Waals surface area contributed by atoms with Crippen LogP contribution in [-0.2, 0) is 33.1 Å². The highest BCUT2D eigenvalue weighted by molar-refractivity contribution is 14.0. The maximum absolute atomic E-state index is 4.37. The summed E-state index contributed by atoms with van der Waals surface area (Å²) in [6.07, 6.45) is 4.25. The Labute approximate surface area is 167 Å². The van der Waals surface area contributed by atoms with Crippen molar-refractivity contribution in [3.05, 3.63) is 34.1 Å². The molecule has 132 valence electrons. The lowest BCUT2D eigenvalue weighted by molar-refractivity contribution is 0.459. The summed E-state index contributed by atoms with van der Waals surface area (Å²) in [5.74, 6) is 2.92. The van der Waals surface area contributed by atoms with E-state index in [4.69, 9.17) is 0 Å². The van der Waals surface area contributed by atoms with Crippen LogP contribution in [0.1, 0.15) is 23.8 Å². The van der Waals surface area contributed by atoms with Gasteiger partial charge >= 0.3 is 0 Å². The molecule has 0 amide bonds. The van der Waals surface area contributed by atoms with E-state index in [1.807, 2.05) is 14.1 Å². The molecule has 0 unspecified atom stereocenters. The van der Waals surface area contributed by atoms with Crippen molar-refractivity contribution in [1.82, 2.24) is 29.5 Å². The minimum atomic E-state index is 0. The molecular formula is C15H23BrIN7. The number of nitrogens with one attached hydrogen (secondary N) is 1. The molecule has 0 atom stereocenters. The van der Waals surface area contributed by atoms with Crippen LogP contribution in [0.3, 0.4) is 0 Å². The molecule has 0 spiro atoms. The van der Waals surface area contributed by atoms with Gasteiger partial charge in [0, 0.05) is 50.5 Å². The number of aryl methyl sites for hydroxylation is 2. The van der Waals surface area contributed by atoms with E-state index >= 15 is 0 Å². The van der Waals surface area contributed by atoms with Gasteiger partial charge in [0.25, 0.3) is 0 Å². The van der Waals surface area contributed by atoms with Crippen LogP contribution in [0.15, 0.2) is 21.7 Å². The molecule has 2 aromatic heterocycles. The maximum Gasteiger partial charge on any atom is 0.194 e. The molecule has 0 fully saturated rings. The van der Waals surface area contributed by atoms with Crippen LogP contribution in [0.2, 0.25) is 0 Å². The summed E-state index contributed by atoms with van der Waals surface area (Å²) in [6.45, 7) is 2.44. The fourth-order valence-corrected chi connectivity index (χ4v) is 3.50. The number of nitrogens with zero attached hydrogens (tertiary/aromatic N) is 6. The molecule has 2 aromatic rings. The van der Waals surface area contributed by atoms with E-state index in [0.717, 1.165) is 48.0 Å². The molecule has 0 saturated carbocycles. The lowest BCUT2D eigenvalue weighted by Crippen LogP contribution is -2.38. The third-order valence-corrected chi connectivity index (χ3v) is 4.57. The molecular weight excluding hydrogens is 485 g/mol. The molecule has 7 nitrogen and oxygen atoms in total. The fourth-order valence-electron chi connectivity index (χ4n) is 2.93. The number of fused-ring (bicyclic) bond motifs is 1. The summed E-state index contributed by atoms with van der Waals surface area (Å²) in [6, 6.07) is 2.12. The predicted molar refractivity (Wildman–Crippen MR) is 109 cm³/mol. The minimum Gasteiger partial charge on any atom is -0.352 e. The molecule has 0 radical (unpaired) electrons. The molecule has 3 rings (SSSR count). The number of hydrogen-bond acceptors (Lipinski definition) is 3. The Hall–Kier alpha value is -1.10. The van der Waals surface area contributed by atoms with Crippen LogP contribution >= 0.6 is 39.9 Å². The largest absolute Gasteiger partial charge is 0.352 e. The topological polar surface area (TPSA) is 63.3 Å². The van der Waals surface area contributed by atoms with Gasteiger partial charge in [-0.15, -0.1) is 34.2 Å². The Kier molecular flexibility index (Phi) is 6.67. The van der Waals surface area contributed by atoms with Gasteiger partial charge in [0.15, 0.2) is 11.8 Å². The quantitative estimate of drug-likeness (QED) is 0.391. The van der Waals surface area contributed by atoms with Crippen molar-refractivity contribution in [1.29, 1.82) is 0 Å². The van der Waals surface area contributed by atoms with Crippen molar-refractivity contribution in [3.63, 3.8) is 0 Å². The van der Waals surface area contributed by atoms with E-state index in [-0.39, 0.29) is 24.0 Å². The molecule has 1 aliphatic heterocycles. The average Bonchev–Trinajstić information content (AvgIpc) is 3.18. The fraction of sp³-hybridized carbons (Fsp3) is 0.533. The van der Waals surface area contributed by atoms with Gasteiger partial charge in [-0.25, -0.2) is 0 Å². The Balaban J connectivity index is 0.00000208. The molecule has 0 aliphatic carbocycles.